The Morgan fingerprint density at radius 3 is 2.89 bits per heavy atom. The molecule has 1 unspecified atom stereocenters. The molecule has 2 saturated heterocycles. The summed E-state index contributed by atoms with van der Waals surface area (Å²) in [6, 6.07) is 3.46. The number of hydrazine groups is 1. The van der Waals surface area contributed by atoms with Crippen LogP contribution in [0.5, 0.6) is 0 Å². The fraction of sp³-hybridized carbons (Fsp3) is 0.500. The van der Waals surface area contributed by atoms with Gasteiger partial charge in [0.2, 0.25) is 0 Å². The summed E-state index contributed by atoms with van der Waals surface area (Å²) in [5.74, 6) is 0.821. The number of aromatic nitrogens is 2. The summed E-state index contributed by atoms with van der Waals surface area (Å²) >= 11 is 0. The Hall–Kier alpha value is -2.42. The summed E-state index contributed by atoms with van der Waals surface area (Å²) in [6.07, 6.45) is 7.04. The second kappa shape index (κ2) is 7.54. The van der Waals surface area contributed by atoms with E-state index in [1.54, 1.807) is 18.3 Å². The molecule has 28 heavy (non-hydrogen) atoms. The van der Waals surface area contributed by atoms with E-state index in [0.29, 0.717) is 18.6 Å². The molecule has 0 aromatic carbocycles. The molecule has 2 aromatic rings. The molecule has 0 radical (unpaired) electrons. The quantitative estimate of drug-likeness (QED) is 0.830. The number of pyridine rings is 2. The molecule has 0 bridgehead atoms. The number of morpholine rings is 1. The third kappa shape index (κ3) is 3.17. The zero-order valence-electron chi connectivity index (χ0n) is 15.8. The van der Waals surface area contributed by atoms with Crippen LogP contribution in [0.1, 0.15) is 25.0 Å². The number of rotatable bonds is 3. The number of fused-ring (bicyclic) bond motifs is 1. The summed E-state index contributed by atoms with van der Waals surface area (Å²) in [7, 11) is 0. The molecule has 148 valence electrons. The van der Waals surface area contributed by atoms with Crippen molar-refractivity contribution in [3.05, 3.63) is 40.3 Å². The zero-order valence-corrected chi connectivity index (χ0v) is 15.8. The van der Waals surface area contributed by atoms with Gasteiger partial charge < -0.3 is 19.4 Å². The summed E-state index contributed by atoms with van der Waals surface area (Å²) in [5.41, 5.74) is 5.91. The van der Waals surface area contributed by atoms with Crippen LogP contribution in [0.3, 0.4) is 0 Å². The van der Waals surface area contributed by atoms with E-state index in [1.807, 2.05) is 0 Å². The van der Waals surface area contributed by atoms with Gasteiger partial charge in [0.25, 0.3) is 0 Å². The number of anilines is 1. The Kier molecular flexibility index (Phi) is 4.76. The molecule has 1 atom stereocenters. The van der Waals surface area contributed by atoms with Gasteiger partial charge in [-0.25, -0.2) is 5.43 Å². The predicted octanol–water partition coefficient (Wildman–Crippen LogP) is 1.45. The molecule has 3 aliphatic rings. The zero-order chi connectivity index (χ0) is 18.9. The number of hydrogen-bond donors (Lipinski definition) is 2. The third-order valence-electron chi connectivity index (χ3n) is 5.59. The molecule has 2 N–H and O–H groups in total. The molecule has 0 spiro atoms. The molecule has 8 nitrogen and oxygen atoms in total. The van der Waals surface area contributed by atoms with Crippen molar-refractivity contribution in [1.29, 1.82) is 0 Å². The SMILES string of the molecule is O=c1cc(N2CCOCC2)[nH]c2c(C3=CCNN3C3CCCCO3)nccc12. The minimum absolute atomic E-state index is 0.00548. The lowest BCUT2D eigenvalue weighted by atomic mass is 10.1. The summed E-state index contributed by atoms with van der Waals surface area (Å²) in [6.45, 7) is 4.37. The van der Waals surface area contributed by atoms with E-state index in [-0.39, 0.29) is 11.7 Å². The van der Waals surface area contributed by atoms with Crippen molar-refractivity contribution in [3.8, 4) is 0 Å². The van der Waals surface area contributed by atoms with Gasteiger partial charge in [0, 0.05) is 43.9 Å². The smallest absolute Gasteiger partial charge is 0.191 e. The lowest BCUT2D eigenvalue weighted by Gasteiger charge is -2.34. The predicted molar refractivity (Wildman–Crippen MR) is 107 cm³/mol. The topological polar surface area (TPSA) is 82.7 Å². The number of H-pyrrole nitrogens is 1. The van der Waals surface area contributed by atoms with Crippen LogP contribution >= 0.6 is 0 Å². The van der Waals surface area contributed by atoms with E-state index >= 15 is 0 Å². The first kappa shape index (κ1) is 17.7. The fourth-order valence-electron chi connectivity index (χ4n) is 4.15. The van der Waals surface area contributed by atoms with Crippen LogP contribution in [0.4, 0.5) is 5.82 Å². The number of ether oxygens (including phenoxy) is 2. The van der Waals surface area contributed by atoms with Crippen LogP contribution in [-0.4, -0.2) is 60.7 Å². The number of nitrogens with one attached hydrogen (secondary N) is 2. The molecule has 2 aromatic heterocycles. The summed E-state index contributed by atoms with van der Waals surface area (Å²) < 4.78 is 11.4. The van der Waals surface area contributed by atoms with Gasteiger partial charge >= 0.3 is 0 Å². The van der Waals surface area contributed by atoms with Crippen LogP contribution in [0.25, 0.3) is 16.6 Å². The van der Waals surface area contributed by atoms with E-state index in [4.69, 9.17) is 9.47 Å². The number of aromatic amines is 1. The average molecular weight is 383 g/mol. The number of hydrogen-bond acceptors (Lipinski definition) is 7. The molecular formula is C20H25N5O3. The molecule has 8 heteroatoms. The monoisotopic (exact) mass is 383 g/mol. The summed E-state index contributed by atoms with van der Waals surface area (Å²) in [4.78, 5) is 23.1. The van der Waals surface area contributed by atoms with E-state index in [0.717, 1.165) is 68.2 Å². The first-order valence-corrected chi connectivity index (χ1v) is 10.0. The van der Waals surface area contributed by atoms with Crippen LogP contribution in [0.15, 0.2) is 29.2 Å². The van der Waals surface area contributed by atoms with Crippen molar-refractivity contribution >= 4 is 22.4 Å². The van der Waals surface area contributed by atoms with Crippen molar-refractivity contribution in [1.82, 2.24) is 20.4 Å². The maximum atomic E-state index is 12.8. The first-order valence-electron chi connectivity index (χ1n) is 10.0. The molecule has 5 rings (SSSR count). The van der Waals surface area contributed by atoms with Crippen LogP contribution in [0, 0.1) is 0 Å². The minimum Gasteiger partial charge on any atom is -0.378 e. The fourth-order valence-corrected chi connectivity index (χ4v) is 4.15. The molecule has 0 saturated carbocycles. The van der Waals surface area contributed by atoms with Crippen LogP contribution < -0.4 is 15.8 Å². The normalized spacial score (nSPS) is 23.3. The van der Waals surface area contributed by atoms with Crippen molar-refractivity contribution < 1.29 is 9.47 Å². The largest absolute Gasteiger partial charge is 0.378 e. The second-order valence-electron chi connectivity index (χ2n) is 7.34. The highest BCUT2D eigenvalue weighted by atomic mass is 16.5. The van der Waals surface area contributed by atoms with E-state index in [2.05, 4.69) is 31.4 Å². The molecular weight excluding hydrogens is 358 g/mol. The van der Waals surface area contributed by atoms with E-state index in [1.165, 1.54) is 0 Å². The highest BCUT2D eigenvalue weighted by molar-refractivity contribution is 5.89. The lowest BCUT2D eigenvalue weighted by Crippen LogP contribution is -2.44. The van der Waals surface area contributed by atoms with Crippen LogP contribution in [0.2, 0.25) is 0 Å². The molecule has 5 heterocycles. The second-order valence-corrected chi connectivity index (χ2v) is 7.34. The Morgan fingerprint density at radius 1 is 1.18 bits per heavy atom. The third-order valence-corrected chi connectivity index (χ3v) is 5.59. The maximum Gasteiger partial charge on any atom is 0.191 e. The average Bonchev–Trinajstić information content (AvgIpc) is 3.24. The maximum absolute atomic E-state index is 12.8. The first-order chi connectivity index (χ1) is 13.8. The Balaban J connectivity index is 1.57. The van der Waals surface area contributed by atoms with Crippen molar-refractivity contribution in [2.75, 3.05) is 44.4 Å². The Bertz CT molecular complexity index is 944. The molecule has 2 fully saturated rings. The van der Waals surface area contributed by atoms with E-state index in [9.17, 15) is 4.79 Å². The van der Waals surface area contributed by atoms with Crippen molar-refractivity contribution in [2.45, 2.75) is 25.5 Å². The highest BCUT2D eigenvalue weighted by Gasteiger charge is 2.29. The van der Waals surface area contributed by atoms with Gasteiger partial charge in [-0.2, -0.15) is 0 Å². The van der Waals surface area contributed by atoms with Gasteiger partial charge in [-0.3, -0.25) is 14.8 Å². The van der Waals surface area contributed by atoms with Crippen LogP contribution in [-0.2, 0) is 9.47 Å². The minimum atomic E-state index is -0.00583. The lowest BCUT2D eigenvalue weighted by molar-refractivity contribution is -0.0746. The van der Waals surface area contributed by atoms with Gasteiger partial charge in [0.1, 0.15) is 17.7 Å². The van der Waals surface area contributed by atoms with E-state index < -0.39 is 0 Å². The standard InChI is InChI=1S/C20H25N5O3/c26-16-13-17(24-8-11-27-12-9-24)23-19-14(16)4-6-21-20(19)15-5-7-22-25(15)18-3-1-2-10-28-18/h4-6,13,18,22H,1-3,7-12H2,(H,23,26). The van der Waals surface area contributed by atoms with Gasteiger partial charge in [-0.1, -0.05) is 0 Å². The Morgan fingerprint density at radius 2 is 2.07 bits per heavy atom. The van der Waals surface area contributed by atoms with Gasteiger partial charge in [0.05, 0.1) is 24.4 Å². The van der Waals surface area contributed by atoms with Gasteiger partial charge in [-0.15, -0.1) is 0 Å². The van der Waals surface area contributed by atoms with Gasteiger partial charge in [-0.05, 0) is 31.4 Å². The molecule has 3 aliphatic heterocycles. The van der Waals surface area contributed by atoms with Crippen molar-refractivity contribution in [3.63, 3.8) is 0 Å². The molecule has 0 aliphatic carbocycles. The highest BCUT2D eigenvalue weighted by Crippen LogP contribution is 2.30. The summed E-state index contributed by atoms with van der Waals surface area (Å²) in [5, 5.41) is 2.72. The Labute approximate surface area is 163 Å². The molecule has 0 amide bonds. The number of nitrogens with zero attached hydrogens (tertiary/aromatic N) is 3. The van der Waals surface area contributed by atoms with Crippen molar-refractivity contribution in [2.24, 2.45) is 0 Å². The van der Waals surface area contributed by atoms with Gasteiger partial charge in [0.15, 0.2) is 5.43 Å².